The Morgan fingerprint density at radius 1 is 1.30 bits per heavy atom. The molecule has 1 aromatic rings. The lowest BCUT2D eigenvalue weighted by Gasteiger charge is -2.21. The van der Waals surface area contributed by atoms with Crippen molar-refractivity contribution in [3.63, 3.8) is 0 Å². The first-order valence-electron chi connectivity index (χ1n) is 5.52. The highest BCUT2D eigenvalue weighted by Gasteiger charge is 2.49. The molecule has 0 aromatic heterocycles. The quantitative estimate of drug-likeness (QED) is 0.668. The minimum Gasteiger partial charge on any atom is -0.464 e. The van der Waals surface area contributed by atoms with Crippen LogP contribution in [0.15, 0.2) is 18.2 Å². The van der Waals surface area contributed by atoms with Gasteiger partial charge < -0.3 is 14.8 Å². The number of carbonyl (C=O) groups excluding carboxylic acids is 2. The standard InChI is InChI=1S/C12H12Cl2FNO4/c1-3-20-12(15,11(18)19-2)10(17)16-9-5-7(13)4-8(14)6-9/h4-6H,3H2,1-2H3,(H,16,17). The minimum absolute atomic E-state index is 0.123. The summed E-state index contributed by atoms with van der Waals surface area (Å²) in [4.78, 5) is 23.2. The molecule has 0 aliphatic rings. The molecule has 0 spiro atoms. The van der Waals surface area contributed by atoms with Gasteiger partial charge in [-0.1, -0.05) is 23.2 Å². The molecule has 20 heavy (non-hydrogen) atoms. The number of anilines is 1. The Hall–Kier alpha value is -1.37. The van der Waals surface area contributed by atoms with Gasteiger partial charge in [-0.15, -0.1) is 0 Å². The third-order valence-corrected chi connectivity index (χ3v) is 2.64. The van der Waals surface area contributed by atoms with E-state index in [0.717, 1.165) is 7.11 Å². The Bertz CT molecular complexity index is 506. The van der Waals surface area contributed by atoms with Crippen LogP contribution < -0.4 is 5.32 Å². The zero-order valence-electron chi connectivity index (χ0n) is 10.7. The number of benzene rings is 1. The first-order chi connectivity index (χ1) is 9.33. The minimum atomic E-state index is -3.24. The third kappa shape index (κ3) is 3.82. The molecular weight excluding hydrogens is 312 g/mol. The van der Waals surface area contributed by atoms with E-state index in [2.05, 4.69) is 14.8 Å². The molecule has 0 heterocycles. The van der Waals surface area contributed by atoms with Crippen molar-refractivity contribution in [2.45, 2.75) is 12.8 Å². The summed E-state index contributed by atoms with van der Waals surface area (Å²) in [6.07, 6.45) is 0. The average Bonchev–Trinajstić information content (AvgIpc) is 2.36. The van der Waals surface area contributed by atoms with Gasteiger partial charge in [-0.3, -0.25) is 4.79 Å². The lowest BCUT2D eigenvalue weighted by Crippen LogP contribution is -2.49. The van der Waals surface area contributed by atoms with Crippen molar-refractivity contribution in [1.82, 2.24) is 0 Å². The van der Waals surface area contributed by atoms with Crippen molar-refractivity contribution in [1.29, 1.82) is 0 Å². The summed E-state index contributed by atoms with van der Waals surface area (Å²) in [6.45, 7) is 1.23. The van der Waals surface area contributed by atoms with Crippen LogP contribution in [0.2, 0.25) is 10.0 Å². The lowest BCUT2D eigenvalue weighted by atomic mass is 10.2. The van der Waals surface area contributed by atoms with Crippen LogP contribution in [0.1, 0.15) is 6.92 Å². The van der Waals surface area contributed by atoms with Crippen molar-refractivity contribution in [3.8, 4) is 0 Å². The van der Waals surface area contributed by atoms with Crippen LogP contribution in [0.25, 0.3) is 0 Å². The highest BCUT2D eigenvalue weighted by Crippen LogP contribution is 2.24. The van der Waals surface area contributed by atoms with Crippen molar-refractivity contribution in [3.05, 3.63) is 28.2 Å². The van der Waals surface area contributed by atoms with Gasteiger partial charge in [-0.2, -0.15) is 4.39 Å². The molecule has 1 aromatic carbocycles. The van der Waals surface area contributed by atoms with Crippen LogP contribution in [0.5, 0.6) is 0 Å². The summed E-state index contributed by atoms with van der Waals surface area (Å²) in [5, 5.41) is 2.64. The van der Waals surface area contributed by atoms with E-state index in [4.69, 9.17) is 23.2 Å². The van der Waals surface area contributed by atoms with Gasteiger partial charge in [-0.25, -0.2) is 4.79 Å². The molecular formula is C12H12Cl2FNO4. The van der Waals surface area contributed by atoms with Crippen LogP contribution in [0, 0.1) is 0 Å². The van der Waals surface area contributed by atoms with Gasteiger partial charge in [0.2, 0.25) is 0 Å². The summed E-state index contributed by atoms with van der Waals surface area (Å²) in [5.74, 6) is -6.02. The second-order valence-corrected chi connectivity index (χ2v) is 4.50. The van der Waals surface area contributed by atoms with Crippen molar-refractivity contribution in [2.75, 3.05) is 19.0 Å². The summed E-state index contributed by atoms with van der Waals surface area (Å²) in [5.41, 5.74) is 0.123. The first-order valence-corrected chi connectivity index (χ1v) is 6.28. The van der Waals surface area contributed by atoms with E-state index in [1.165, 1.54) is 25.1 Å². The maximum atomic E-state index is 14.3. The Morgan fingerprint density at radius 3 is 2.30 bits per heavy atom. The fourth-order valence-corrected chi connectivity index (χ4v) is 1.91. The van der Waals surface area contributed by atoms with Crippen LogP contribution in [0.3, 0.4) is 0 Å². The predicted octanol–water partition coefficient (Wildman–Crippen LogP) is 2.81. The van der Waals surface area contributed by atoms with Gasteiger partial charge in [0.1, 0.15) is 0 Å². The molecule has 0 fully saturated rings. The molecule has 0 bridgehead atoms. The lowest BCUT2D eigenvalue weighted by molar-refractivity contribution is -0.197. The fourth-order valence-electron chi connectivity index (χ4n) is 1.38. The van der Waals surface area contributed by atoms with Gasteiger partial charge in [0.25, 0.3) is 0 Å². The number of hydrogen-bond donors (Lipinski definition) is 1. The Morgan fingerprint density at radius 2 is 1.85 bits per heavy atom. The molecule has 110 valence electrons. The molecule has 8 heteroatoms. The number of ether oxygens (including phenoxy) is 2. The van der Waals surface area contributed by atoms with Gasteiger partial charge in [0.05, 0.1) is 7.11 Å². The van der Waals surface area contributed by atoms with Gasteiger partial charge >= 0.3 is 17.7 Å². The molecule has 1 amide bonds. The Balaban J connectivity index is 2.99. The van der Waals surface area contributed by atoms with Crippen molar-refractivity contribution >= 4 is 40.8 Å². The molecule has 5 nitrogen and oxygen atoms in total. The van der Waals surface area contributed by atoms with E-state index in [0.29, 0.717) is 0 Å². The molecule has 0 radical (unpaired) electrons. The summed E-state index contributed by atoms with van der Waals surface area (Å²) >= 11 is 11.5. The summed E-state index contributed by atoms with van der Waals surface area (Å²) in [7, 11) is 0.944. The molecule has 0 saturated heterocycles. The number of halogens is 3. The Labute approximate surface area is 124 Å². The van der Waals surface area contributed by atoms with E-state index in [1.54, 1.807) is 0 Å². The zero-order valence-corrected chi connectivity index (χ0v) is 12.2. The molecule has 1 rings (SSSR count). The second-order valence-electron chi connectivity index (χ2n) is 3.63. The van der Waals surface area contributed by atoms with E-state index < -0.39 is 17.7 Å². The molecule has 1 unspecified atom stereocenters. The maximum Gasteiger partial charge on any atom is 0.386 e. The number of esters is 1. The molecule has 0 aliphatic heterocycles. The first kappa shape index (κ1) is 16.7. The zero-order chi connectivity index (χ0) is 15.3. The highest BCUT2D eigenvalue weighted by molar-refractivity contribution is 6.35. The molecule has 1 atom stereocenters. The number of alkyl halides is 1. The van der Waals surface area contributed by atoms with Gasteiger partial charge in [-0.05, 0) is 25.1 Å². The van der Waals surface area contributed by atoms with Crippen LogP contribution in [-0.4, -0.2) is 31.4 Å². The van der Waals surface area contributed by atoms with Crippen molar-refractivity contribution < 1.29 is 23.5 Å². The largest absolute Gasteiger partial charge is 0.464 e. The van der Waals surface area contributed by atoms with E-state index in [-0.39, 0.29) is 22.3 Å². The molecule has 1 N–H and O–H groups in total. The number of carbonyl (C=O) groups is 2. The number of hydrogen-bond acceptors (Lipinski definition) is 4. The monoisotopic (exact) mass is 323 g/mol. The maximum absolute atomic E-state index is 14.3. The number of rotatable bonds is 5. The van der Waals surface area contributed by atoms with E-state index >= 15 is 0 Å². The molecule has 0 saturated carbocycles. The Kier molecular flexibility index (Phi) is 5.74. The van der Waals surface area contributed by atoms with Crippen molar-refractivity contribution in [2.24, 2.45) is 0 Å². The molecule has 0 aliphatic carbocycles. The highest BCUT2D eigenvalue weighted by atomic mass is 35.5. The SMILES string of the molecule is CCOC(F)(C(=O)Nc1cc(Cl)cc(Cl)c1)C(=O)OC. The number of nitrogens with one attached hydrogen (secondary N) is 1. The van der Waals surface area contributed by atoms with Crippen LogP contribution in [0.4, 0.5) is 10.1 Å². The number of amides is 1. The van der Waals surface area contributed by atoms with Crippen LogP contribution >= 0.6 is 23.2 Å². The predicted molar refractivity (Wildman–Crippen MR) is 72.6 cm³/mol. The number of methoxy groups -OCH3 is 1. The smallest absolute Gasteiger partial charge is 0.386 e. The van der Waals surface area contributed by atoms with Crippen LogP contribution in [-0.2, 0) is 19.1 Å². The second kappa shape index (κ2) is 6.88. The average molecular weight is 324 g/mol. The normalized spacial score (nSPS) is 13.4. The van der Waals surface area contributed by atoms with Gasteiger partial charge in [0.15, 0.2) is 0 Å². The summed E-state index contributed by atoms with van der Waals surface area (Å²) in [6, 6.07) is 4.12. The summed E-state index contributed by atoms with van der Waals surface area (Å²) < 4.78 is 23.1. The third-order valence-electron chi connectivity index (χ3n) is 2.20. The topological polar surface area (TPSA) is 64.6 Å². The van der Waals surface area contributed by atoms with Gasteiger partial charge in [0, 0.05) is 22.3 Å². The van der Waals surface area contributed by atoms with E-state index in [9.17, 15) is 14.0 Å². The van der Waals surface area contributed by atoms with E-state index in [1.807, 2.05) is 0 Å². The fraction of sp³-hybridized carbons (Fsp3) is 0.333.